The number of nitrogens with one attached hydrogen (secondary N) is 1. The van der Waals surface area contributed by atoms with Crippen LogP contribution in [0.2, 0.25) is 0 Å². The van der Waals surface area contributed by atoms with Gasteiger partial charge in [0.2, 0.25) is 5.91 Å². The minimum absolute atomic E-state index is 0.0455. The van der Waals surface area contributed by atoms with E-state index in [1.165, 1.54) is 0 Å². The molecule has 1 amide bonds. The van der Waals surface area contributed by atoms with E-state index in [-0.39, 0.29) is 12.0 Å². The summed E-state index contributed by atoms with van der Waals surface area (Å²) in [6, 6.07) is 17.1. The van der Waals surface area contributed by atoms with Crippen molar-refractivity contribution in [1.82, 2.24) is 4.90 Å². The van der Waals surface area contributed by atoms with Crippen LogP contribution in [0.25, 0.3) is 0 Å². The van der Waals surface area contributed by atoms with Gasteiger partial charge in [-0.2, -0.15) is 0 Å². The molecule has 0 spiro atoms. The molecule has 0 aliphatic carbocycles. The Balaban J connectivity index is 1.48. The minimum Gasteiger partial charge on any atom is -0.486 e. The Morgan fingerprint density at radius 3 is 2.61 bits per heavy atom. The highest BCUT2D eigenvalue weighted by molar-refractivity contribution is 5.92. The van der Waals surface area contributed by atoms with Gasteiger partial charge in [0.05, 0.1) is 6.54 Å². The van der Waals surface area contributed by atoms with E-state index in [4.69, 9.17) is 9.47 Å². The topological polar surface area (TPSA) is 50.8 Å². The summed E-state index contributed by atoms with van der Waals surface area (Å²) >= 11 is 0. The summed E-state index contributed by atoms with van der Waals surface area (Å²) in [7, 11) is 1.90. The molecule has 1 N–H and O–H groups in total. The Bertz CT molecular complexity index is 660. The maximum Gasteiger partial charge on any atom is 0.238 e. The highest BCUT2D eigenvalue weighted by Crippen LogP contribution is 2.30. The lowest BCUT2D eigenvalue weighted by atomic mass is 10.2. The molecule has 1 atom stereocenters. The molecule has 0 aromatic heterocycles. The van der Waals surface area contributed by atoms with Crippen LogP contribution in [-0.4, -0.2) is 43.7 Å². The predicted octanol–water partition coefficient (Wildman–Crippen LogP) is 2.40. The number of carbonyl (C=O) groups excluding carboxylic acids is 1. The smallest absolute Gasteiger partial charge is 0.238 e. The van der Waals surface area contributed by atoms with Gasteiger partial charge in [-0.3, -0.25) is 9.69 Å². The maximum absolute atomic E-state index is 12.0. The van der Waals surface area contributed by atoms with Gasteiger partial charge in [-0.15, -0.1) is 0 Å². The van der Waals surface area contributed by atoms with Crippen LogP contribution in [0, 0.1) is 0 Å². The number of benzene rings is 2. The number of carbonyl (C=O) groups is 1. The van der Waals surface area contributed by atoms with Crippen molar-refractivity contribution in [3.63, 3.8) is 0 Å². The van der Waals surface area contributed by atoms with Crippen molar-refractivity contribution in [2.75, 3.05) is 32.1 Å². The van der Waals surface area contributed by atoms with Crippen LogP contribution in [-0.2, 0) is 4.79 Å². The summed E-state index contributed by atoms with van der Waals surface area (Å²) in [5.74, 6) is 1.48. The van der Waals surface area contributed by atoms with Crippen molar-refractivity contribution < 1.29 is 14.3 Å². The molecule has 0 saturated carbocycles. The van der Waals surface area contributed by atoms with Gasteiger partial charge in [0.1, 0.15) is 12.7 Å². The molecule has 1 aliphatic rings. The predicted molar refractivity (Wildman–Crippen MR) is 88.9 cm³/mol. The van der Waals surface area contributed by atoms with Crippen LogP contribution in [0.4, 0.5) is 5.69 Å². The molecular weight excluding hydrogens is 292 g/mol. The second-order valence-corrected chi connectivity index (χ2v) is 5.61. The standard InChI is InChI=1S/C18H20N2O3/c1-20(12-18(21)19-14-7-3-2-4-8-14)11-15-13-22-16-9-5-6-10-17(16)23-15/h2-10,15H,11-13H2,1H3,(H,19,21)/t15-/m0/s1. The van der Waals surface area contributed by atoms with Gasteiger partial charge in [-0.05, 0) is 31.3 Å². The van der Waals surface area contributed by atoms with E-state index in [2.05, 4.69) is 5.32 Å². The number of hydrogen-bond acceptors (Lipinski definition) is 4. The van der Waals surface area contributed by atoms with Crippen LogP contribution in [0.15, 0.2) is 54.6 Å². The monoisotopic (exact) mass is 312 g/mol. The molecular formula is C18H20N2O3. The number of anilines is 1. The molecule has 3 rings (SSSR count). The second-order valence-electron chi connectivity index (χ2n) is 5.61. The number of likely N-dealkylation sites (N-methyl/N-ethyl adjacent to an activating group) is 1. The summed E-state index contributed by atoms with van der Waals surface area (Å²) in [6.07, 6.45) is -0.0839. The molecule has 0 radical (unpaired) electrons. The summed E-state index contributed by atoms with van der Waals surface area (Å²) in [5, 5.41) is 2.87. The van der Waals surface area contributed by atoms with E-state index >= 15 is 0 Å². The van der Waals surface area contributed by atoms with Crippen molar-refractivity contribution in [2.45, 2.75) is 6.10 Å². The second kappa shape index (κ2) is 7.15. The van der Waals surface area contributed by atoms with Crippen molar-refractivity contribution in [2.24, 2.45) is 0 Å². The first kappa shape index (κ1) is 15.4. The lowest BCUT2D eigenvalue weighted by molar-refractivity contribution is -0.117. The quantitative estimate of drug-likeness (QED) is 0.921. The van der Waals surface area contributed by atoms with Gasteiger partial charge in [-0.25, -0.2) is 0 Å². The fourth-order valence-electron chi connectivity index (χ4n) is 2.53. The van der Waals surface area contributed by atoms with Crippen LogP contribution in [0.3, 0.4) is 0 Å². The Kier molecular flexibility index (Phi) is 4.78. The Morgan fingerprint density at radius 2 is 1.83 bits per heavy atom. The SMILES string of the molecule is CN(CC(=O)Nc1ccccc1)C[C@H]1COc2ccccc2O1. The third kappa shape index (κ3) is 4.23. The average Bonchev–Trinajstić information content (AvgIpc) is 2.55. The number of nitrogens with zero attached hydrogens (tertiary/aromatic N) is 1. The number of fused-ring (bicyclic) bond motifs is 1. The number of rotatable bonds is 5. The molecule has 0 saturated heterocycles. The van der Waals surface area contributed by atoms with Gasteiger partial charge < -0.3 is 14.8 Å². The summed E-state index contributed by atoms with van der Waals surface area (Å²) in [4.78, 5) is 14.0. The summed E-state index contributed by atoms with van der Waals surface area (Å²) < 4.78 is 11.6. The summed E-state index contributed by atoms with van der Waals surface area (Å²) in [6.45, 7) is 1.41. The molecule has 0 fully saturated rings. The molecule has 0 unspecified atom stereocenters. The molecule has 2 aromatic rings. The van der Waals surface area contributed by atoms with Crippen molar-refractivity contribution >= 4 is 11.6 Å². The fourth-order valence-corrected chi connectivity index (χ4v) is 2.53. The highest BCUT2D eigenvalue weighted by Gasteiger charge is 2.22. The molecule has 23 heavy (non-hydrogen) atoms. The van der Waals surface area contributed by atoms with Crippen LogP contribution in [0.5, 0.6) is 11.5 Å². The molecule has 120 valence electrons. The number of amides is 1. The Hall–Kier alpha value is -2.53. The fraction of sp³-hybridized carbons (Fsp3) is 0.278. The molecule has 2 aromatic carbocycles. The Morgan fingerprint density at radius 1 is 1.13 bits per heavy atom. The maximum atomic E-state index is 12.0. The van der Waals surface area contributed by atoms with Gasteiger partial charge >= 0.3 is 0 Å². The number of ether oxygens (including phenoxy) is 2. The van der Waals surface area contributed by atoms with E-state index in [0.29, 0.717) is 19.7 Å². The molecule has 0 bridgehead atoms. The van der Waals surface area contributed by atoms with E-state index in [1.807, 2.05) is 66.5 Å². The van der Waals surface area contributed by atoms with Gasteiger partial charge in [0.15, 0.2) is 11.5 Å². The van der Waals surface area contributed by atoms with Crippen LogP contribution >= 0.6 is 0 Å². The van der Waals surface area contributed by atoms with Crippen LogP contribution < -0.4 is 14.8 Å². The average molecular weight is 312 g/mol. The van der Waals surface area contributed by atoms with Gasteiger partial charge in [0.25, 0.3) is 0 Å². The molecule has 1 heterocycles. The first-order valence-electron chi connectivity index (χ1n) is 7.62. The van der Waals surface area contributed by atoms with Crippen molar-refractivity contribution in [1.29, 1.82) is 0 Å². The Labute approximate surface area is 135 Å². The zero-order valence-corrected chi connectivity index (χ0v) is 13.1. The molecule has 5 heteroatoms. The normalized spacial score (nSPS) is 16.2. The zero-order chi connectivity index (χ0) is 16.1. The van der Waals surface area contributed by atoms with E-state index in [1.54, 1.807) is 0 Å². The van der Waals surface area contributed by atoms with Crippen molar-refractivity contribution in [3.05, 3.63) is 54.6 Å². The number of para-hydroxylation sites is 3. The van der Waals surface area contributed by atoms with E-state index < -0.39 is 0 Å². The lowest BCUT2D eigenvalue weighted by Crippen LogP contribution is -2.42. The third-order valence-corrected chi connectivity index (χ3v) is 3.55. The number of hydrogen-bond donors (Lipinski definition) is 1. The van der Waals surface area contributed by atoms with E-state index in [9.17, 15) is 4.79 Å². The highest BCUT2D eigenvalue weighted by atomic mass is 16.6. The molecule has 5 nitrogen and oxygen atoms in total. The van der Waals surface area contributed by atoms with Gasteiger partial charge in [0, 0.05) is 12.2 Å². The first-order valence-corrected chi connectivity index (χ1v) is 7.62. The first-order chi connectivity index (χ1) is 11.2. The summed E-state index contributed by atoms with van der Waals surface area (Å²) in [5.41, 5.74) is 0.803. The molecule has 1 aliphatic heterocycles. The third-order valence-electron chi connectivity index (χ3n) is 3.55. The largest absolute Gasteiger partial charge is 0.486 e. The van der Waals surface area contributed by atoms with Crippen LogP contribution in [0.1, 0.15) is 0 Å². The van der Waals surface area contributed by atoms with Gasteiger partial charge in [-0.1, -0.05) is 30.3 Å². The minimum atomic E-state index is -0.0839. The lowest BCUT2D eigenvalue weighted by Gasteiger charge is -2.29. The van der Waals surface area contributed by atoms with E-state index in [0.717, 1.165) is 17.2 Å². The van der Waals surface area contributed by atoms with Crippen molar-refractivity contribution in [3.8, 4) is 11.5 Å². The zero-order valence-electron chi connectivity index (χ0n) is 13.1.